The van der Waals surface area contributed by atoms with Crippen LogP contribution < -0.4 is 0 Å². The predicted octanol–water partition coefficient (Wildman–Crippen LogP) is 5.87. The highest BCUT2D eigenvalue weighted by Gasteiger charge is 2.45. The molecule has 2 fully saturated rings. The largest absolute Gasteiger partial charge is 0.304 e. The molecule has 0 spiro atoms. The molecule has 1 aliphatic carbocycles. The number of benzene rings is 1. The molecule has 1 saturated heterocycles. The van der Waals surface area contributed by atoms with Crippen molar-refractivity contribution in [3.63, 3.8) is 0 Å². The summed E-state index contributed by atoms with van der Waals surface area (Å²) in [4.78, 5) is 8.12. The fourth-order valence-corrected chi connectivity index (χ4v) is 5.99. The maximum atomic E-state index is 6.28. The van der Waals surface area contributed by atoms with Crippen LogP contribution in [-0.2, 0) is 5.54 Å². The van der Waals surface area contributed by atoms with Crippen LogP contribution in [-0.4, -0.2) is 67.1 Å². The van der Waals surface area contributed by atoms with Crippen molar-refractivity contribution in [2.75, 3.05) is 46.3 Å². The molecule has 4 heteroatoms. The van der Waals surface area contributed by atoms with Crippen LogP contribution in [0.1, 0.15) is 71.3 Å². The van der Waals surface area contributed by atoms with Crippen LogP contribution in [0.5, 0.6) is 0 Å². The average Bonchev–Trinajstić information content (AvgIpc) is 2.75. The van der Waals surface area contributed by atoms with Gasteiger partial charge in [-0.25, -0.2) is 0 Å². The van der Waals surface area contributed by atoms with E-state index < -0.39 is 0 Å². The zero-order valence-electron chi connectivity index (χ0n) is 19.9. The molecule has 3 nitrogen and oxygen atoms in total. The summed E-state index contributed by atoms with van der Waals surface area (Å²) in [5, 5.41) is 0.849. The molecule has 1 saturated carbocycles. The highest BCUT2D eigenvalue weighted by molar-refractivity contribution is 6.30. The van der Waals surface area contributed by atoms with E-state index in [9.17, 15) is 0 Å². The van der Waals surface area contributed by atoms with E-state index in [0.29, 0.717) is 5.92 Å². The van der Waals surface area contributed by atoms with E-state index in [1.54, 1.807) is 0 Å². The first-order valence-electron chi connectivity index (χ1n) is 12.4. The molecule has 0 N–H and O–H groups in total. The zero-order chi connectivity index (χ0) is 21.6. The van der Waals surface area contributed by atoms with Gasteiger partial charge in [0.2, 0.25) is 0 Å². The van der Waals surface area contributed by atoms with Gasteiger partial charge in [-0.15, -0.1) is 0 Å². The third kappa shape index (κ3) is 5.59. The second kappa shape index (κ2) is 11.3. The van der Waals surface area contributed by atoms with Gasteiger partial charge in [-0.05, 0) is 75.9 Å². The Morgan fingerprint density at radius 3 is 2.13 bits per heavy atom. The van der Waals surface area contributed by atoms with Crippen LogP contribution in [0.15, 0.2) is 24.3 Å². The van der Waals surface area contributed by atoms with E-state index in [-0.39, 0.29) is 5.54 Å². The summed E-state index contributed by atoms with van der Waals surface area (Å²) in [6.45, 7) is 14.5. The van der Waals surface area contributed by atoms with E-state index in [0.717, 1.165) is 11.1 Å². The average molecular weight is 434 g/mol. The lowest BCUT2D eigenvalue weighted by atomic mass is 9.68. The molecular weight excluding hydrogens is 390 g/mol. The maximum Gasteiger partial charge on any atom is 0.0464 e. The van der Waals surface area contributed by atoms with E-state index >= 15 is 0 Å². The Hall–Kier alpha value is -0.610. The third-order valence-corrected chi connectivity index (χ3v) is 7.98. The van der Waals surface area contributed by atoms with Crippen molar-refractivity contribution in [3.05, 3.63) is 34.9 Å². The third-order valence-electron chi connectivity index (χ3n) is 7.73. The van der Waals surface area contributed by atoms with E-state index in [4.69, 9.17) is 11.6 Å². The maximum absolute atomic E-state index is 6.28. The normalized spacial score (nSPS) is 28.9. The minimum atomic E-state index is 0.164. The second-order valence-electron chi connectivity index (χ2n) is 9.86. The van der Waals surface area contributed by atoms with Crippen molar-refractivity contribution >= 4 is 11.6 Å². The highest BCUT2D eigenvalue weighted by Crippen LogP contribution is 2.46. The van der Waals surface area contributed by atoms with E-state index in [2.05, 4.69) is 66.8 Å². The first kappa shape index (κ1) is 24.0. The Bertz CT molecular complexity index is 618. The Balaban J connectivity index is 1.85. The number of rotatable bonds is 9. The van der Waals surface area contributed by atoms with Crippen LogP contribution in [0.25, 0.3) is 0 Å². The van der Waals surface area contributed by atoms with Gasteiger partial charge in [0.05, 0.1) is 0 Å². The van der Waals surface area contributed by atoms with Crippen LogP contribution >= 0.6 is 11.6 Å². The van der Waals surface area contributed by atoms with Gasteiger partial charge in [-0.1, -0.05) is 57.3 Å². The molecular formula is C26H44ClN3. The Morgan fingerprint density at radius 2 is 1.60 bits per heavy atom. The number of piperazine rings is 1. The monoisotopic (exact) mass is 433 g/mol. The molecule has 0 bridgehead atoms. The standard InChI is InChI=1S/C26H44ClN3/c1-5-7-15-30(16-8-6-2)26(23-9-11-24(27)12-10-23)14-13-25(22(3)21-26)29-19-17-28(4)18-20-29/h9-12,22,25H,5-8,13-21H2,1-4H3. The first-order chi connectivity index (χ1) is 14.5. The summed E-state index contributed by atoms with van der Waals surface area (Å²) in [6.07, 6.45) is 8.94. The number of hydrogen-bond acceptors (Lipinski definition) is 3. The Morgan fingerprint density at radius 1 is 1.00 bits per heavy atom. The van der Waals surface area contributed by atoms with Crippen LogP contribution in [0.4, 0.5) is 0 Å². The topological polar surface area (TPSA) is 9.72 Å². The van der Waals surface area contributed by atoms with Crippen molar-refractivity contribution in [2.24, 2.45) is 5.92 Å². The first-order valence-corrected chi connectivity index (χ1v) is 12.8. The lowest BCUT2D eigenvalue weighted by Crippen LogP contribution is -2.57. The number of likely N-dealkylation sites (N-methyl/N-ethyl adjacent to an activating group) is 1. The molecule has 170 valence electrons. The van der Waals surface area contributed by atoms with Gasteiger partial charge in [0, 0.05) is 42.8 Å². The van der Waals surface area contributed by atoms with E-state index in [1.165, 1.54) is 89.8 Å². The molecule has 2 aliphatic rings. The number of halogens is 1. The number of unbranched alkanes of at least 4 members (excludes halogenated alkanes) is 2. The van der Waals surface area contributed by atoms with Gasteiger partial charge in [0.15, 0.2) is 0 Å². The number of nitrogens with zero attached hydrogens (tertiary/aromatic N) is 3. The van der Waals surface area contributed by atoms with Crippen LogP contribution in [0, 0.1) is 5.92 Å². The smallest absolute Gasteiger partial charge is 0.0464 e. The van der Waals surface area contributed by atoms with Crippen molar-refractivity contribution < 1.29 is 0 Å². The Kier molecular flexibility index (Phi) is 9.07. The van der Waals surface area contributed by atoms with Gasteiger partial charge in [-0.3, -0.25) is 9.80 Å². The van der Waals surface area contributed by atoms with Crippen molar-refractivity contribution in [1.29, 1.82) is 0 Å². The summed E-state index contributed by atoms with van der Waals surface area (Å²) in [7, 11) is 2.26. The molecule has 3 unspecified atom stereocenters. The summed E-state index contributed by atoms with van der Waals surface area (Å²) in [5.74, 6) is 0.712. The molecule has 3 atom stereocenters. The second-order valence-corrected chi connectivity index (χ2v) is 10.3. The summed E-state index contributed by atoms with van der Waals surface area (Å²) in [5.41, 5.74) is 1.65. The molecule has 0 radical (unpaired) electrons. The lowest BCUT2D eigenvalue weighted by Gasteiger charge is -2.53. The minimum Gasteiger partial charge on any atom is -0.304 e. The summed E-state index contributed by atoms with van der Waals surface area (Å²) >= 11 is 6.28. The van der Waals surface area contributed by atoms with Gasteiger partial charge in [0.25, 0.3) is 0 Å². The summed E-state index contributed by atoms with van der Waals surface area (Å²) < 4.78 is 0. The minimum absolute atomic E-state index is 0.164. The molecule has 1 aromatic rings. The molecule has 1 aliphatic heterocycles. The molecule has 30 heavy (non-hydrogen) atoms. The van der Waals surface area contributed by atoms with Gasteiger partial charge < -0.3 is 4.90 Å². The van der Waals surface area contributed by atoms with Gasteiger partial charge in [-0.2, -0.15) is 0 Å². The Labute approximate surface area is 190 Å². The quantitative estimate of drug-likeness (QED) is 0.481. The lowest BCUT2D eigenvalue weighted by molar-refractivity contribution is -0.0225. The van der Waals surface area contributed by atoms with Gasteiger partial charge in [0.1, 0.15) is 0 Å². The van der Waals surface area contributed by atoms with Crippen molar-refractivity contribution in [1.82, 2.24) is 14.7 Å². The molecule has 0 amide bonds. The van der Waals surface area contributed by atoms with E-state index in [1.807, 2.05) is 0 Å². The molecule has 3 rings (SSSR count). The molecule has 1 aromatic carbocycles. The zero-order valence-corrected chi connectivity index (χ0v) is 20.6. The van der Waals surface area contributed by atoms with Crippen molar-refractivity contribution in [3.8, 4) is 0 Å². The SMILES string of the molecule is CCCCN(CCCC)C1(c2ccc(Cl)cc2)CCC(N2CCN(C)CC2)C(C)C1. The highest BCUT2D eigenvalue weighted by atomic mass is 35.5. The molecule has 1 heterocycles. The number of hydrogen-bond donors (Lipinski definition) is 0. The van der Waals surface area contributed by atoms with Crippen LogP contribution in [0.2, 0.25) is 5.02 Å². The predicted molar refractivity (Wildman–Crippen MR) is 130 cm³/mol. The fraction of sp³-hybridized carbons (Fsp3) is 0.769. The summed E-state index contributed by atoms with van der Waals surface area (Å²) in [6, 6.07) is 9.58. The molecule has 0 aromatic heterocycles. The fourth-order valence-electron chi connectivity index (χ4n) is 5.87. The van der Waals surface area contributed by atoms with Crippen LogP contribution in [0.3, 0.4) is 0 Å². The van der Waals surface area contributed by atoms with Gasteiger partial charge >= 0.3 is 0 Å². The van der Waals surface area contributed by atoms with Crippen molar-refractivity contribution in [2.45, 2.75) is 77.3 Å².